The molecule has 5 nitrogen and oxygen atoms in total. The van der Waals surface area contributed by atoms with E-state index in [1.54, 1.807) is 0 Å². The fourth-order valence-electron chi connectivity index (χ4n) is 1.96. The smallest absolute Gasteiger partial charge is 0.313 e. The standard InChI is InChI=1S/C13H13ClFNO4/c1-13(12(18)19)6-20-5-10(13)16-11(17)7-2-3-9(15)8(14)4-7/h2-4,10H,5-6H2,1H3,(H,16,17)(H,18,19). The average Bonchev–Trinajstić information content (AvgIpc) is 2.75. The molecule has 2 rings (SSSR count). The Morgan fingerprint density at radius 1 is 1.55 bits per heavy atom. The third-order valence-electron chi connectivity index (χ3n) is 3.43. The highest BCUT2D eigenvalue weighted by atomic mass is 35.5. The van der Waals surface area contributed by atoms with Crippen LogP contribution in [0.4, 0.5) is 4.39 Å². The third-order valence-corrected chi connectivity index (χ3v) is 3.72. The monoisotopic (exact) mass is 301 g/mol. The topological polar surface area (TPSA) is 75.6 Å². The van der Waals surface area contributed by atoms with E-state index in [4.69, 9.17) is 16.3 Å². The molecule has 7 heteroatoms. The van der Waals surface area contributed by atoms with Crippen molar-refractivity contribution in [3.63, 3.8) is 0 Å². The molecule has 1 aromatic carbocycles. The minimum absolute atomic E-state index is 0.0253. The summed E-state index contributed by atoms with van der Waals surface area (Å²) in [6.07, 6.45) is 0. The number of carboxylic acids is 1. The Labute approximate surface area is 119 Å². The lowest BCUT2D eigenvalue weighted by molar-refractivity contribution is -0.148. The molecule has 0 spiro atoms. The zero-order valence-corrected chi connectivity index (χ0v) is 11.4. The second-order valence-electron chi connectivity index (χ2n) is 4.89. The van der Waals surface area contributed by atoms with Crippen LogP contribution in [0.5, 0.6) is 0 Å². The van der Waals surface area contributed by atoms with E-state index in [1.165, 1.54) is 19.1 Å². The summed E-state index contributed by atoms with van der Waals surface area (Å²) < 4.78 is 18.2. The van der Waals surface area contributed by atoms with E-state index in [-0.39, 0.29) is 23.8 Å². The van der Waals surface area contributed by atoms with Crippen LogP contribution >= 0.6 is 11.6 Å². The Morgan fingerprint density at radius 2 is 2.25 bits per heavy atom. The number of carboxylic acid groups (broad SMARTS) is 1. The van der Waals surface area contributed by atoms with Crippen LogP contribution in [-0.2, 0) is 9.53 Å². The SMILES string of the molecule is CC1(C(=O)O)COCC1NC(=O)c1ccc(F)c(Cl)c1. The van der Waals surface area contributed by atoms with Gasteiger partial charge in [0.25, 0.3) is 5.91 Å². The first-order chi connectivity index (χ1) is 9.34. The lowest BCUT2D eigenvalue weighted by atomic mass is 9.85. The van der Waals surface area contributed by atoms with Crippen molar-refractivity contribution >= 4 is 23.5 Å². The molecular formula is C13H13ClFNO4. The molecule has 1 saturated heterocycles. The summed E-state index contributed by atoms with van der Waals surface area (Å²) in [6, 6.07) is 2.90. The first-order valence-electron chi connectivity index (χ1n) is 5.91. The summed E-state index contributed by atoms with van der Waals surface area (Å²) in [6.45, 7) is 1.64. The molecule has 1 fully saturated rings. The summed E-state index contributed by atoms with van der Waals surface area (Å²) >= 11 is 5.61. The molecular weight excluding hydrogens is 289 g/mol. The molecule has 2 N–H and O–H groups in total. The van der Waals surface area contributed by atoms with Crippen molar-refractivity contribution in [2.45, 2.75) is 13.0 Å². The van der Waals surface area contributed by atoms with Crippen LogP contribution in [0.2, 0.25) is 5.02 Å². The van der Waals surface area contributed by atoms with Crippen LogP contribution in [-0.4, -0.2) is 36.2 Å². The number of carbonyl (C=O) groups excluding carboxylic acids is 1. The maximum atomic E-state index is 13.0. The van der Waals surface area contributed by atoms with Gasteiger partial charge >= 0.3 is 5.97 Å². The fraction of sp³-hybridized carbons (Fsp3) is 0.385. The number of nitrogens with one attached hydrogen (secondary N) is 1. The van der Waals surface area contributed by atoms with Crippen LogP contribution < -0.4 is 5.32 Å². The zero-order valence-electron chi connectivity index (χ0n) is 10.7. The second-order valence-corrected chi connectivity index (χ2v) is 5.30. The van der Waals surface area contributed by atoms with Gasteiger partial charge in [-0.25, -0.2) is 4.39 Å². The normalized spacial score (nSPS) is 25.4. The van der Waals surface area contributed by atoms with Crippen LogP contribution in [0.15, 0.2) is 18.2 Å². The van der Waals surface area contributed by atoms with Gasteiger partial charge in [0.1, 0.15) is 11.2 Å². The average molecular weight is 302 g/mol. The van der Waals surface area contributed by atoms with Crippen molar-refractivity contribution in [2.24, 2.45) is 5.41 Å². The molecule has 0 radical (unpaired) electrons. The molecule has 1 aliphatic heterocycles. The predicted octanol–water partition coefficient (Wildman–Crippen LogP) is 1.70. The Morgan fingerprint density at radius 3 is 2.85 bits per heavy atom. The number of ether oxygens (including phenoxy) is 1. The number of hydrogen-bond donors (Lipinski definition) is 2. The molecule has 0 aromatic heterocycles. The lowest BCUT2D eigenvalue weighted by Crippen LogP contribution is -2.49. The molecule has 0 saturated carbocycles. The molecule has 0 bridgehead atoms. The number of benzene rings is 1. The number of halogens is 2. The van der Waals surface area contributed by atoms with Crippen LogP contribution in [0.25, 0.3) is 0 Å². The highest BCUT2D eigenvalue weighted by Crippen LogP contribution is 2.29. The Kier molecular flexibility index (Phi) is 3.96. The molecule has 0 aliphatic carbocycles. The fourth-order valence-corrected chi connectivity index (χ4v) is 2.14. The molecule has 1 amide bonds. The van der Waals surface area contributed by atoms with Crippen molar-refractivity contribution in [2.75, 3.05) is 13.2 Å². The van der Waals surface area contributed by atoms with Gasteiger partial charge in [-0.3, -0.25) is 9.59 Å². The molecule has 2 atom stereocenters. The summed E-state index contributed by atoms with van der Waals surface area (Å²) in [5.74, 6) is -2.19. The van der Waals surface area contributed by atoms with E-state index in [0.717, 1.165) is 6.07 Å². The molecule has 1 heterocycles. The van der Waals surface area contributed by atoms with E-state index in [9.17, 15) is 19.1 Å². The van der Waals surface area contributed by atoms with Gasteiger partial charge < -0.3 is 15.2 Å². The first kappa shape index (κ1) is 14.7. The van der Waals surface area contributed by atoms with Crippen LogP contribution in [0, 0.1) is 11.2 Å². The third kappa shape index (κ3) is 2.62. The number of carbonyl (C=O) groups is 2. The van der Waals surface area contributed by atoms with Crippen molar-refractivity contribution < 1.29 is 23.8 Å². The van der Waals surface area contributed by atoms with Crippen molar-refractivity contribution in [1.29, 1.82) is 0 Å². The maximum absolute atomic E-state index is 13.0. The highest BCUT2D eigenvalue weighted by Gasteiger charge is 2.47. The Balaban J connectivity index is 2.15. The summed E-state index contributed by atoms with van der Waals surface area (Å²) in [7, 11) is 0. The van der Waals surface area contributed by atoms with Crippen molar-refractivity contribution in [1.82, 2.24) is 5.32 Å². The highest BCUT2D eigenvalue weighted by molar-refractivity contribution is 6.31. The van der Waals surface area contributed by atoms with E-state index in [2.05, 4.69) is 5.32 Å². The number of amides is 1. The largest absolute Gasteiger partial charge is 0.481 e. The van der Waals surface area contributed by atoms with E-state index >= 15 is 0 Å². The summed E-state index contributed by atoms with van der Waals surface area (Å²) in [4.78, 5) is 23.3. The first-order valence-corrected chi connectivity index (χ1v) is 6.29. The minimum Gasteiger partial charge on any atom is -0.481 e. The predicted molar refractivity (Wildman–Crippen MR) is 69.2 cm³/mol. The molecule has 2 unspecified atom stereocenters. The van der Waals surface area contributed by atoms with Crippen molar-refractivity contribution in [3.05, 3.63) is 34.6 Å². The van der Waals surface area contributed by atoms with Crippen LogP contribution in [0.1, 0.15) is 17.3 Å². The van der Waals surface area contributed by atoms with Gasteiger partial charge in [-0.05, 0) is 25.1 Å². The second kappa shape index (κ2) is 5.38. The van der Waals surface area contributed by atoms with Gasteiger partial charge in [-0.1, -0.05) is 11.6 Å². The maximum Gasteiger partial charge on any atom is 0.313 e. The van der Waals surface area contributed by atoms with Crippen molar-refractivity contribution in [3.8, 4) is 0 Å². The van der Waals surface area contributed by atoms with Crippen LogP contribution in [0.3, 0.4) is 0 Å². The van der Waals surface area contributed by atoms with E-state index in [1.807, 2.05) is 0 Å². The minimum atomic E-state index is -1.18. The zero-order chi connectivity index (χ0) is 14.9. The molecule has 20 heavy (non-hydrogen) atoms. The summed E-state index contributed by atoms with van der Waals surface area (Å²) in [5, 5.41) is 11.6. The van der Waals surface area contributed by atoms with Gasteiger partial charge in [0, 0.05) is 5.56 Å². The molecule has 1 aliphatic rings. The number of aliphatic carboxylic acids is 1. The Bertz CT molecular complexity index is 565. The number of rotatable bonds is 3. The van der Waals surface area contributed by atoms with E-state index < -0.39 is 29.2 Å². The van der Waals surface area contributed by atoms with E-state index in [0.29, 0.717) is 0 Å². The van der Waals surface area contributed by atoms with Gasteiger partial charge in [-0.15, -0.1) is 0 Å². The molecule has 108 valence electrons. The van der Waals surface area contributed by atoms with Gasteiger partial charge in [0.2, 0.25) is 0 Å². The molecule has 1 aromatic rings. The lowest BCUT2D eigenvalue weighted by Gasteiger charge is -2.25. The van der Waals surface area contributed by atoms with Gasteiger partial charge in [-0.2, -0.15) is 0 Å². The van der Waals surface area contributed by atoms with Gasteiger partial charge in [0.15, 0.2) is 0 Å². The quantitative estimate of drug-likeness (QED) is 0.891. The summed E-state index contributed by atoms with van der Waals surface area (Å²) in [5.41, 5.74) is -1.02. The van der Waals surface area contributed by atoms with Gasteiger partial charge in [0.05, 0.1) is 24.3 Å². The number of hydrogen-bond acceptors (Lipinski definition) is 3. The Hall–Kier alpha value is -1.66.